The van der Waals surface area contributed by atoms with Gasteiger partial charge in [-0.15, -0.1) is 0 Å². The zero-order valence-corrected chi connectivity index (χ0v) is 11.3. The van der Waals surface area contributed by atoms with Crippen molar-refractivity contribution in [1.82, 2.24) is 4.90 Å². The van der Waals surface area contributed by atoms with Gasteiger partial charge in [-0.3, -0.25) is 4.90 Å². The summed E-state index contributed by atoms with van der Waals surface area (Å²) in [6, 6.07) is 5.24. The Morgan fingerprint density at radius 3 is 2.74 bits per heavy atom. The molecule has 19 heavy (non-hydrogen) atoms. The molecule has 0 aliphatic carbocycles. The molecule has 0 spiro atoms. The molecule has 6 heteroatoms. The van der Waals surface area contributed by atoms with Crippen LogP contribution in [-0.2, 0) is 14.6 Å². The maximum absolute atomic E-state index is 12.1. The monoisotopic (exact) mass is 280 g/mol. The molecule has 5 nitrogen and oxygen atoms in total. The lowest BCUT2D eigenvalue weighted by atomic mass is 10.1. The Labute approximate surface area is 112 Å². The topological polar surface area (TPSA) is 72.6 Å². The minimum absolute atomic E-state index is 0.262. The Bertz CT molecular complexity index is 631. The van der Waals surface area contributed by atoms with Crippen LogP contribution >= 0.6 is 0 Å². The standard InChI is InChI=1S/C13H16N2O3S/c14-12-3-1-2-11-10(9-19(16,17)13(11)12)8-15-4-6-18-7-5-15/h1-3,9H,4-8,14H2. The minimum Gasteiger partial charge on any atom is -0.398 e. The van der Waals surface area contributed by atoms with Gasteiger partial charge in [0.05, 0.1) is 18.9 Å². The molecule has 0 atom stereocenters. The highest BCUT2D eigenvalue weighted by Gasteiger charge is 2.30. The van der Waals surface area contributed by atoms with E-state index in [0.717, 1.165) is 24.2 Å². The fourth-order valence-electron chi connectivity index (χ4n) is 2.56. The molecule has 1 aromatic rings. The van der Waals surface area contributed by atoms with Gasteiger partial charge in [0, 0.05) is 30.6 Å². The van der Waals surface area contributed by atoms with Crippen LogP contribution in [-0.4, -0.2) is 46.2 Å². The summed E-state index contributed by atoms with van der Waals surface area (Å²) < 4.78 is 29.5. The molecule has 102 valence electrons. The third-order valence-electron chi connectivity index (χ3n) is 3.47. The molecule has 1 aromatic carbocycles. The number of nitrogens with two attached hydrogens (primary N) is 1. The smallest absolute Gasteiger partial charge is 0.202 e. The number of nitrogen functional groups attached to an aromatic ring is 1. The number of sulfone groups is 1. The first kappa shape index (κ1) is 12.7. The van der Waals surface area contributed by atoms with Crippen LogP contribution in [0.3, 0.4) is 0 Å². The summed E-state index contributed by atoms with van der Waals surface area (Å²) in [6.45, 7) is 3.68. The number of hydrogen-bond acceptors (Lipinski definition) is 5. The third kappa shape index (κ3) is 2.27. The van der Waals surface area contributed by atoms with E-state index < -0.39 is 9.84 Å². The van der Waals surface area contributed by atoms with E-state index in [0.29, 0.717) is 25.4 Å². The zero-order valence-electron chi connectivity index (χ0n) is 10.5. The minimum atomic E-state index is -3.38. The highest BCUT2D eigenvalue weighted by atomic mass is 32.2. The normalized spacial score (nSPS) is 22.0. The van der Waals surface area contributed by atoms with E-state index in [1.54, 1.807) is 12.1 Å². The van der Waals surface area contributed by atoms with Gasteiger partial charge in [0.15, 0.2) is 0 Å². The zero-order chi connectivity index (χ0) is 13.5. The summed E-state index contributed by atoms with van der Waals surface area (Å²) in [5.41, 5.74) is 7.69. The average molecular weight is 280 g/mol. The van der Waals surface area contributed by atoms with Crippen LogP contribution in [0.15, 0.2) is 28.5 Å². The average Bonchev–Trinajstić information content (AvgIpc) is 2.63. The molecule has 0 bridgehead atoms. The number of anilines is 1. The van der Waals surface area contributed by atoms with Gasteiger partial charge < -0.3 is 10.5 Å². The first-order valence-electron chi connectivity index (χ1n) is 6.22. The van der Waals surface area contributed by atoms with E-state index in [4.69, 9.17) is 10.5 Å². The molecule has 2 heterocycles. The van der Waals surface area contributed by atoms with E-state index in [9.17, 15) is 8.42 Å². The molecule has 1 saturated heterocycles. The van der Waals surface area contributed by atoms with Crippen LogP contribution in [0.1, 0.15) is 5.56 Å². The second-order valence-corrected chi connectivity index (χ2v) is 6.53. The van der Waals surface area contributed by atoms with Gasteiger partial charge in [-0.05, 0) is 11.6 Å². The van der Waals surface area contributed by atoms with Gasteiger partial charge in [-0.1, -0.05) is 12.1 Å². The van der Waals surface area contributed by atoms with E-state index in [1.165, 1.54) is 5.41 Å². The van der Waals surface area contributed by atoms with Crippen LogP contribution in [0.5, 0.6) is 0 Å². The Hall–Kier alpha value is -1.37. The van der Waals surface area contributed by atoms with Crippen molar-refractivity contribution in [2.75, 3.05) is 38.6 Å². The molecule has 1 fully saturated rings. The van der Waals surface area contributed by atoms with E-state index >= 15 is 0 Å². The number of morpholine rings is 1. The largest absolute Gasteiger partial charge is 0.398 e. The summed E-state index contributed by atoms with van der Waals surface area (Å²) in [7, 11) is -3.38. The Balaban J connectivity index is 1.94. The molecule has 3 rings (SSSR count). The Kier molecular flexibility index (Phi) is 3.08. The van der Waals surface area contributed by atoms with Crippen molar-refractivity contribution in [3.05, 3.63) is 29.2 Å². The predicted octanol–water partition coefficient (Wildman–Crippen LogP) is 0.729. The SMILES string of the molecule is Nc1cccc2c1S(=O)(=O)C=C2CN1CCOCC1. The molecule has 0 radical (unpaired) electrons. The number of fused-ring (bicyclic) bond motifs is 1. The summed E-state index contributed by atoms with van der Waals surface area (Å²) >= 11 is 0. The molecular weight excluding hydrogens is 264 g/mol. The second-order valence-electron chi connectivity index (χ2n) is 4.80. The van der Waals surface area contributed by atoms with Gasteiger partial charge >= 0.3 is 0 Å². The van der Waals surface area contributed by atoms with E-state index in [2.05, 4.69) is 4.90 Å². The lowest BCUT2D eigenvalue weighted by Gasteiger charge is -2.27. The number of benzene rings is 1. The van der Waals surface area contributed by atoms with Crippen molar-refractivity contribution in [3.8, 4) is 0 Å². The van der Waals surface area contributed by atoms with Gasteiger partial charge in [0.2, 0.25) is 9.84 Å². The fraction of sp³-hybridized carbons (Fsp3) is 0.385. The molecular formula is C13H16N2O3S. The summed E-state index contributed by atoms with van der Waals surface area (Å²) in [4.78, 5) is 2.46. The van der Waals surface area contributed by atoms with Crippen molar-refractivity contribution >= 4 is 21.1 Å². The highest BCUT2D eigenvalue weighted by Crippen LogP contribution is 2.37. The first-order chi connectivity index (χ1) is 9.08. The van der Waals surface area contributed by atoms with Crippen molar-refractivity contribution in [3.63, 3.8) is 0 Å². The number of nitrogens with zero attached hydrogens (tertiary/aromatic N) is 1. The van der Waals surface area contributed by atoms with Crippen molar-refractivity contribution in [2.24, 2.45) is 0 Å². The fourth-order valence-corrected chi connectivity index (χ4v) is 4.15. The van der Waals surface area contributed by atoms with Crippen molar-refractivity contribution < 1.29 is 13.2 Å². The Morgan fingerprint density at radius 2 is 2.00 bits per heavy atom. The van der Waals surface area contributed by atoms with E-state index in [1.807, 2.05) is 6.07 Å². The molecule has 2 N–H and O–H groups in total. The molecule has 2 aliphatic rings. The van der Waals surface area contributed by atoms with Gasteiger partial charge in [0.1, 0.15) is 4.90 Å². The van der Waals surface area contributed by atoms with Crippen LogP contribution in [0.2, 0.25) is 0 Å². The highest BCUT2D eigenvalue weighted by molar-refractivity contribution is 7.95. The van der Waals surface area contributed by atoms with E-state index in [-0.39, 0.29) is 4.90 Å². The number of ether oxygens (including phenoxy) is 1. The number of rotatable bonds is 2. The van der Waals surface area contributed by atoms with Crippen molar-refractivity contribution in [1.29, 1.82) is 0 Å². The number of hydrogen-bond donors (Lipinski definition) is 1. The lowest BCUT2D eigenvalue weighted by molar-refractivity contribution is 0.0444. The second kappa shape index (κ2) is 4.63. The van der Waals surface area contributed by atoms with Crippen LogP contribution in [0.25, 0.3) is 5.57 Å². The molecule has 2 aliphatic heterocycles. The predicted molar refractivity (Wildman–Crippen MR) is 73.3 cm³/mol. The first-order valence-corrected chi connectivity index (χ1v) is 7.77. The summed E-state index contributed by atoms with van der Waals surface area (Å²) in [6.07, 6.45) is 0. The van der Waals surface area contributed by atoms with Crippen LogP contribution in [0.4, 0.5) is 5.69 Å². The maximum atomic E-state index is 12.1. The molecule has 0 unspecified atom stereocenters. The summed E-state index contributed by atoms with van der Waals surface area (Å²) in [5, 5.41) is 1.35. The lowest BCUT2D eigenvalue weighted by Crippen LogP contribution is -2.37. The van der Waals surface area contributed by atoms with Gasteiger partial charge in [0.25, 0.3) is 0 Å². The van der Waals surface area contributed by atoms with Crippen LogP contribution in [0, 0.1) is 0 Å². The molecule has 0 aromatic heterocycles. The molecule has 0 saturated carbocycles. The van der Waals surface area contributed by atoms with Gasteiger partial charge in [-0.2, -0.15) is 0 Å². The summed E-state index contributed by atoms with van der Waals surface area (Å²) in [5.74, 6) is 0. The van der Waals surface area contributed by atoms with Gasteiger partial charge in [-0.25, -0.2) is 8.42 Å². The van der Waals surface area contributed by atoms with Crippen LogP contribution < -0.4 is 5.73 Å². The maximum Gasteiger partial charge on any atom is 0.202 e. The quantitative estimate of drug-likeness (QED) is 0.809. The molecule has 0 amide bonds. The Morgan fingerprint density at radius 1 is 1.26 bits per heavy atom. The third-order valence-corrected chi connectivity index (χ3v) is 5.09. The van der Waals surface area contributed by atoms with Crippen molar-refractivity contribution in [2.45, 2.75) is 4.90 Å².